The van der Waals surface area contributed by atoms with Crippen LogP contribution >= 0.6 is 58.3 Å². The highest BCUT2D eigenvalue weighted by Gasteiger charge is 2.21. The lowest BCUT2D eigenvalue weighted by Crippen LogP contribution is -2.02. The molecular formula is C40H35ClN10O4S4. The Kier molecular flexibility index (Phi) is 17.6. The molecule has 0 atom stereocenters. The Morgan fingerprint density at radius 2 is 1.31 bits per heavy atom. The number of H-pyrrole nitrogens is 1. The van der Waals surface area contributed by atoms with E-state index >= 15 is 0 Å². The molecule has 0 saturated heterocycles. The summed E-state index contributed by atoms with van der Waals surface area (Å²) in [5.74, 6) is 2.47. The number of pyridine rings is 2. The van der Waals surface area contributed by atoms with Crippen LogP contribution < -0.4 is 20.9 Å². The number of aromatic nitrogens is 4. The number of benzene rings is 2. The zero-order valence-corrected chi connectivity index (χ0v) is 35.5. The average molecular weight is 884 g/mol. The molecule has 6 rings (SSSR count). The maximum absolute atomic E-state index is 9.83. The zero-order valence-electron chi connectivity index (χ0n) is 31.5. The van der Waals surface area contributed by atoms with Gasteiger partial charge in [-0.1, -0.05) is 48.2 Å². The number of nitrogens with zero attached hydrogens (tertiary/aromatic N) is 7. The van der Waals surface area contributed by atoms with Crippen molar-refractivity contribution in [1.82, 2.24) is 19.9 Å². The first kappa shape index (κ1) is 45.6. The van der Waals surface area contributed by atoms with E-state index in [1.165, 1.54) is 11.8 Å². The van der Waals surface area contributed by atoms with Gasteiger partial charge < -0.3 is 36.1 Å². The number of thiazole rings is 2. The summed E-state index contributed by atoms with van der Waals surface area (Å²) in [5.41, 5.74) is 16.7. The molecule has 0 amide bonds. The second-order valence-corrected chi connectivity index (χ2v) is 15.4. The van der Waals surface area contributed by atoms with Crippen LogP contribution in [-0.2, 0) is 11.6 Å². The van der Waals surface area contributed by atoms with E-state index in [0.717, 1.165) is 21.4 Å². The summed E-state index contributed by atoms with van der Waals surface area (Å²) in [6.07, 6.45) is 0. The van der Waals surface area contributed by atoms with Gasteiger partial charge in [0.2, 0.25) is 11.4 Å². The van der Waals surface area contributed by atoms with Gasteiger partial charge in [0.1, 0.15) is 58.2 Å². The molecule has 0 radical (unpaired) electrons. The summed E-state index contributed by atoms with van der Waals surface area (Å²) >= 11 is 15.2. The van der Waals surface area contributed by atoms with Gasteiger partial charge >= 0.3 is 0 Å². The minimum absolute atomic E-state index is 0.0768. The molecular weight excluding hydrogens is 848 g/mol. The number of aliphatic hydroxyl groups is 2. The van der Waals surface area contributed by atoms with Crippen LogP contribution in [0.15, 0.2) is 64.3 Å². The maximum atomic E-state index is 9.83. The largest absolute Gasteiger partial charge is 0.491 e. The van der Waals surface area contributed by atoms with Crippen LogP contribution in [0.25, 0.3) is 31.9 Å². The van der Waals surface area contributed by atoms with Crippen LogP contribution in [0.5, 0.6) is 11.5 Å². The van der Waals surface area contributed by atoms with E-state index in [9.17, 15) is 10.5 Å². The summed E-state index contributed by atoms with van der Waals surface area (Å²) in [7, 11) is 0. The Labute approximate surface area is 363 Å². The Hall–Kier alpha value is -6.06. The van der Waals surface area contributed by atoms with Crippen LogP contribution in [0, 0.1) is 54.3 Å². The van der Waals surface area contributed by atoms with Crippen molar-refractivity contribution in [2.75, 3.05) is 37.9 Å². The summed E-state index contributed by atoms with van der Waals surface area (Å²) < 4.78 is 10.9. The predicted octanol–water partition coefficient (Wildman–Crippen LogP) is 9.16. The molecule has 0 unspecified atom stereocenters. The third-order valence-corrected chi connectivity index (χ3v) is 10.9. The van der Waals surface area contributed by atoms with Gasteiger partial charge in [-0.15, -0.1) is 34.3 Å². The van der Waals surface area contributed by atoms with Gasteiger partial charge in [0.05, 0.1) is 64.8 Å². The van der Waals surface area contributed by atoms with Crippen molar-refractivity contribution in [3.8, 4) is 45.9 Å². The molecule has 59 heavy (non-hydrogen) atoms. The van der Waals surface area contributed by atoms with Crippen molar-refractivity contribution in [3.05, 3.63) is 119 Å². The Bertz CT molecular complexity index is 2600. The number of alkyl halides is 1. The Balaban J connectivity index is 0.000000225. The molecule has 0 aliphatic heterocycles. The van der Waals surface area contributed by atoms with Gasteiger partial charge in [0.15, 0.2) is 0 Å². The van der Waals surface area contributed by atoms with E-state index in [1.54, 1.807) is 71.2 Å². The smallest absolute Gasteiger partial charge is 0.236 e. The molecule has 0 bridgehead atoms. The number of halogens is 1. The first-order valence-electron chi connectivity index (χ1n) is 17.1. The highest BCUT2D eigenvalue weighted by atomic mass is 35.5. The number of rotatable bonds is 12. The highest BCUT2D eigenvalue weighted by Crippen LogP contribution is 2.42. The van der Waals surface area contributed by atoms with Gasteiger partial charge in [0.25, 0.3) is 0 Å². The van der Waals surface area contributed by atoms with Crippen LogP contribution in [0.3, 0.4) is 0 Å². The molecule has 300 valence electrons. The predicted molar refractivity (Wildman–Crippen MR) is 235 cm³/mol. The highest BCUT2D eigenvalue weighted by molar-refractivity contribution is 7.98. The van der Waals surface area contributed by atoms with E-state index in [4.69, 9.17) is 68.1 Å². The molecule has 0 fully saturated rings. The normalized spacial score (nSPS) is 10.1. The fourth-order valence-electron chi connectivity index (χ4n) is 5.14. The van der Waals surface area contributed by atoms with Crippen molar-refractivity contribution in [2.45, 2.75) is 30.5 Å². The van der Waals surface area contributed by atoms with Gasteiger partial charge in [0, 0.05) is 27.6 Å². The first-order valence-corrected chi connectivity index (χ1v) is 20.8. The number of thioether (sulfide) groups is 1. The van der Waals surface area contributed by atoms with Crippen molar-refractivity contribution in [1.29, 1.82) is 10.5 Å². The molecule has 0 aliphatic carbocycles. The fourth-order valence-corrected chi connectivity index (χ4v) is 7.84. The SMILES string of the molecule is Cc1nc(CCl)cs1.[C-]#[N+]c1c(N)[nH]c(=S)c(C#N)c1-c1ccc(OCCO)cc1.[C-]#[N+]c1c(N)nc(SCc2csc(C)n2)c(C#N)c1-c1ccc(OCCO)cc1. The summed E-state index contributed by atoms with van der Waals surface area (Å²) in [5, 5.41) is 43.2. The molecule has 14 nitrogen and oxygen atoms in total. The molecule has 2 aromatic carbocycles. The first-order chi connectivity index (χ1) is 28.5. The number of nitrogen functional groups attached to an aromatic ring is 2. The quantitative estimate of drug-likeness (QED) is 0.0335. The summed E-state index contributed by atoms with van der Waals surface area (Å²) in [6, 6.07) is 18.0. The molecule has 4 aromatic heterocycles. The Morgan fingerprint density at radius 1 is 0.814 bits per heavy atom. The molecule has 0 aliphatic rings. The van der Waals surface area contributed by atoms with E-state index in [-0.39, 0.29) is 59.6 Å². The minimum atomic E-state index is -0.0812. The van der Waals surface area contributed by atoms with Gasteiger partial charge in [-0.05, 0) is 49.2 Å². The molecule has 7 N–H and O–H groups in total. The van der Waals surface area contributed by atoms with Gasteiger partial charge in [-0.25, -0.2) is 24.6 Å². The lowest BCUT2D eigenvalue weighted by atomic mass is 10.00. The lowest BCUT2D eigenvalue weighted by Gasteiger charge is -2.13. The number of aromatic amines is 1. The topological polar surface area (TPSA) is 222 Å². The van der Waals surface area contributed by atoms with E-state index in [0.29, 0.717) is 56.0 Å². The second kappa shape index (κ2) is 22.8. The van der Waals surface area contributed by atoms with Crippen LogP contribution in [0.1, 0.15) is 32.5 Å². The van der Waals surface area contributed by atoms with Crippen molar-refractivity contribution >= 4 is 81.3 Å². The number of anilines is 2. The van der Waals surface area contributed by atoms with Gasteiger partial charge in [-0.3, -0.25) is 0 Å². The average Bonchev–Trinajstić information content (AvgIpc) is 3.88. The standard InChI is InChI=1S/C20H17N5O2S2.C15H12N4O2S.C5H6ClNS/c1-12-24-14(10-28-12)11-29-20-16(9-21)17(18(23-2)19(22)25-20)13-3-5-15(6-4-13)27-8-7-26;1-18-13-12(11(8-16)15(22)19-14(13)17)9-2-4-10(5-3-9)21-7-6-20;1-4-7-5(2-6)3-8-4/h3-6,10,26H,7-8,11H2,1H3,(H2,22,25);2-5,20H,6-7H2,(H3,17,19,22);3H,2H2,1H3. The van der Waals surface area contributed by atoms with Gasteiger partial charge in [-0.2, -0.15) is 10.5 Å². The molecule has 6 aromatic rings. The number of hydrogen-bond donors (Lipinski definition) is 5. The number of aliphatic hydroxyl groups excluding tert-OH is 2. The maximum Gasteiger partial charge on any atom is 0.236 e. The second-order valence-electron chi connectivity index (χ2n) is 11.6. The van der Waals surface area contributed by atoms with E-state index in [1.807, 2.05) is 30.7 Å². The number of hydrogen-bond acceptors (Lipinski definition) is 15. The van der Waals surface area contributed by atoms with Crippen LogP contribution in [-0.4, -0.2) is 56.6 Å². The van der Waals surface area contributed by atoms with Crippen LogP contribution in [0.2, 0.25) is 0 Å². The van der Waals surface area contributed by atoms with Crippen molar-refractivity contribution in [3.63, 3.8) is 0 Å². The van der Waals surface area contributed by atoms with Crippen LogP contribution in [0.4, 0.5) is 23.0 Å². The Morgan fingerprint density at radius 3 is 1.71 bits per heavy atom. The number of nitrogens with two attached hydrogens (primary N) is 2. The minimum Gasteiger partial charge on any atom is -0.491 e. The molecule has 19 heteroatoms. The molecule has 4 heterocycles. The summed E-state index contributed by atoms with van der Waals surface area (Å²) in [6.45, 7) is 18.9. The number of ether oxygens (including phenoxy) is 2. The molecule has 0 spiro atoms. The molecule has 0 saturated carbocycles. The van der Waals surface area contributed by atoms with E-state index < -0.39 is 0 Å². The third-order valence-electron chi connectivity index (χ3n) is 7.66. The van der Waals surface area contributed by atoms with Crippen molar-refractivity contribution < 1.29 is 19.7 Å². The monoisotopic (exact) mass is 882 g/mol. The van der Waals surface area contributed by atoms with Crippen molar-refractivity contribution in [2.24, 2.45) is 0 Å². The van der Waals surface area contributed by atoms with E-state index in [2.05, 4.69) is 35.7 Å². The zero-order chi connectivity index (χ0) is 42.9. The summed E-state index contributed by atoms with van der Waals surface area (Å²) in [4.78, 5) is 22.4. The third kappa shape index (κ3) is 12.2. The number of nitrogens with one attached hydrogen (secondary N) is 1. The lowest BCUT2D eigenvalue weighted by molar-refractivity contribution is 0.201. The number of aryl methyl sites for hydroxylation is 2. The fraction of sp³-hybridized carbons (Fsp3) is 0.200. The number of nitriles is 2.